The zero-order valence-electron chi connectivity index (χ0n) is 30.7. The van der Waals surface area contributed by atoms with Gasteiger partial charge < -0.3 is 10.2 Å². The smallest absolute Gasteiger partial charge is 0.0877 e. The molecule has 6 unspecified atom stereocenters. The van der Waals surface area contributed by atoms with Gasteiger partial charge in [0.25, 0.3) is 0 Å². The second-order valence-corrected chi connectivity index (χ2v) is 16.2. The van der Waals surface area contributed by atoms with Crippen LogP contribution in [0, 0.1) is 35.5 Å². The minimum Gasteiger partial charge on any atom is -0.390 e. The van der Waals surface area contributed by atoms with Crippen molar-refractivity contribution < 1.29 is 10.2 Å². The first-order chi connectivity index (χ1) is 19.7. The minimum atomic E-state index is -0.978. The monoisotopic (exact) mass is 593 g/mol. The lowest BCUT2D eigenvalue weighted by Gasteiger charge is -2.29. The van der Waals surface area contributed by atoms with Crippen LogP contribution in [0.3, 0.4) is 0 Å². The highest BCUT2D eigenvalue weighted by atomic mass is 16.3. The van der Waals surface area contributed by atoms with E-state index in [1.807, 2.05) is 6.92 Å². The largest absolute Gasteiger partial charge is 0.390 e. The first kappa shape index (κ1) is 41.7. The first-order valence-electron chi connectivity index (χ1n) is 18.8. The van der Waals surface area contributed by atoms with Gasteiger partial charge in [-0.1, -0.05) is 163 Å². The lowest BCUT2D eigenvalue weighted by Crippen LogP contribution is -2.39. The van der Waals surface area contributed by atoms with Crippen molar-refractivity contribution in [2.45, 2.75) is 209 Å². The summed E-state index contributed by atoms with van der Waals surface area (Å²) in [4.78, 5) is 0. The summed E-state index contributed by atoms with van der Waals surface area (Å²) in [5.41, 5.74) is 0.462. The van der Waals surface area contributed by atoms with Crippen molar-refractivity contribution in [3.05, 3.63) is 11.6 Å². The zero-order valence-corrected chi connectivity index (χ0v) is 30.7. The molecule has 0 aliphatic heterocycles. The second kappa shape index (κ2) is 24.9. The Morgan fingerprint density at radius 1 is 0.548 bits per heavy atom. The van der Waals surface area contributed by atoms with Crippen molar-refractivity contribution >= 4 is 0 Å². The normalized spacial score (nSPS) is 17.8. The van der Waals surface area contributed by atoms with Crippen LogP contribution in [-0.4, -0.2) is 21.9 Å². The summed E-state index contributed by atoms with van der Waals surface area (Å²) in [5, 5.41) is 21.7. The van der Waals surface area contributed by atoms with Crippen LogP contribution in [0.15, 0.2) is 11.6 Å². The van der Waals surface area contributed by atoms with E-state index in [1.54, 1.807) is 0 Å². The van der Waals surface area contributed by atoms with E-state index in [2.05, 4.69) is 68.4 Å². The molecule has 0 aromatic rings. The summed E-state index contributed by atoms with van der Waals surface area (Å²) in [6.07, 6.45) is 26.2. The SMILES string of the molecule is CC(=CCCC(O)C(C)(O)CCCC(C)CCCC(C)CCCC(C)C)CCCC(C)CCCC(C)CCCC(C)C. The maximum Gasteiger partial charge on any atom is 0.0877 e. The van der Waals surface area contributed by atoms with E-state index < -0.39 is 11.7 Å². The van der Waals surface area contributed by atoms with Gasteiger partial charge in [0.2, 0.25) is 0 Å². The van der Waals surface area contributed by atoms with Crippen molar-refractivity contribution in [2.75, 3.05) is 0 Å². The number of aliphatic hydroxyl groups excluding tert-OH is 1. The van der Waals surface area contributed by atoms with Gasteiger partial charge in [-0.25, -0.2) is 0 Å². The van der Waals surface area contributed by atoms with E-state index in [0.717, 1.165) is 55.3 Å². The Labute approximate surface area is 266 Å². The Kier molecular flexibility index (Phi) is 24.7. The third-order valence-corrected chi connectivity index (χ3v) is 10.0. The molecule has 0 saturated carbocycles. The molecule has 42 heavy (non-hydrogen) atoms. The molecule has 0 radical (unpaired) electrons. The third kappa shape index (κ3) is 25.0. The average Bonchev–Trinajstić information content (AvgIpc) is 2.88. The highest BCUT2D eigenvalue weighted by molar-refractivity contribution is 4.98. The van der Waals surface area contributed by atoms with E-state index in [4.69, 9.17) is 0 Å². The molecule has 2 nitrogen and oxygen atoms in total. The molecule has 2 heteroatoms. The molecule has 0 aliphatic rings. The molecular weight excluding hydrogens is 512 g/mol. The number of rotatable bonds is 28. The summed E-state index contributed by atoms with van der Waals surface area (Å²) < 4.78 is 0. The molecule has 0 aromatic heterocycles. The number of hydrogen-bond donors (Lipinski definition) is 2. The standard InChI is InChI=1S/C40H80O2/c1-32(2)18-11-20-34(5)22-13-24-36(7)25-14-26-37(8)28-16-30-39(41)40(10,42)31-17-29-38(9)27-15-23-35(6)21-12-19-33(3)4/h28,32-36,38-39,41-42H,11-27,29-31H2,1-10H3. The predicted molar refractivity (Wildman–Crippen MR) is 189 cm³/mol. The van der Waals surface area contributed by atoms with Crippen molar-refractivity contribution in [1.82, 2.24) is 0 Å². The molecule has 252 valence electrons. The van der Waals surface area contributed by atoms with Crippen LogP contribution in [0.4, 0.5) is 0 Å². The Hall–Kier alpha value is -0.340. The van der Waals surface area contributed by atoms with Gasteiger partial charge in [-0.05, 0) is 81.5 Å². The Morgan fingerprint density at radius 3 is 1.31 bits per heavy atom. The summed E-state index contributed by atoms with van der Waals surface area (Å²) in [7, 11) is 0. The quantitative estimate of drug-likeness (QED) is 0.0887. The molecule has 0 aromatic carbocycles. The maximum absolute atomic E-state index is 10.9. The van der Waals surface area contributed by atoms with Crippen molar-refractivity contribution in [3.63, 3.8) is 0 Å². The van der Waals surface area contributed by atoms with Gasteiger partial charge in [0.1, 0.15) is 0 Å². The Morgan fingerprint density at radius 2 is 0.905 bits per heavy atom. The zero-order chi connectivity index (χ0) is 32.0. The second-order valence-electron chi connectivity index (χ2n) is 16.2. The van der Waals surface area contributed by atoms with Crippen molar-refractivity contribution in [2.24, 2.45) is 35.5 Å². The maximum atomic E-state index is 10.9. The van der Waals surface area contributed by atoms with E-state index in [1.165, 1.54) is 95.5 Å². The van der Waals surface area contributed by atoms with Gasteiger partial charge >= 0.3 is 0 Å². The summed E-state index contributed by atoms with van der Waals surface area (Å²) in [5.74, 6) is 4.93. The molecule has 0 bridgehead atoms. The molecule has 2 N–H and O–H groups in total. The van der Waals surface area contributed by atoms with E-state index in [-0.39, 0.29) is 0 Å². The number of allylic oxidation sites excluding steroid dienone is 2. The van der Waals surface area contributed by atoms with Gasteiger partial charge in [0, 0.05) is 0 Å². The molecular formula is C40H80O2. The molecule has 6 atom stereocenters. The molecule has 0 fully saturated rings. The van der Waals surface area contributed by atoms with Gasteiger partial charge in [0.15, 0.2) is 0 Å². The first-order valence-corrected chi connectivity index (χ1v) is 18.8. The van der Waals surface area contributed by atoms with E-state index in [9.17, 15) is 10.2 Å². The molecule has 0 rings (SSSR count). The van der Waals surface area contributed by atoms with Gasteiger partial charge in [-0.3, -0.25) is 0 Å². The fourth-order valence-electron chi connectivity index (χ4n) is 6.56. The van der Waals surface area contributed by atoms with Gasteiger partial charge in [-0.15, -0.1) is 0 Å². The molecule has 0 amide bonds. The lowest BCUT2D eigenvalue weighted by atomic mass is 9.87. The van der Waals surface area contributed by atoms with Gasteiger partial charge in [0.05, 0.1) is 11.7 Å². The van der Waals surface area contributed by atoms with Crippen LogP contribution in [0.1, 0.15) is 198 Å². The molecule has 0 saturated heterocycles. The van der Waals surface area contributed by atoms with Gasteiger partial charge in [-0.2, -0.15) is 0 Å². The highest BCUT2D eigenvalue weighted by Gasteiger charge is 2.29. The van der Waals surface area contributed by atoms with Crippen LogP contribution in [0.25, 0.3) is 0 Å². The number of hydrogen-bond acceptors (Lipinski definition) is 2. The van der Waals surface area contributed by atoms with Crippen molar-refractivity contribution in [3.8, 4) is 0 Å². The van der Waals surface area contributed by atoms with Crippen LogP contribution in [0.2, 0.25) is 0 Å². The van der Waals surface area contributed by atoms with Crippen LogP contribution in [-0.2, 0) is 0 Å². The Balaban J connectivity index is 4.00. The van der Waals surface area contributed by atoms with E-state index in [0.29, 0.717) is 18.8 Å². The van der Waals surface area contributed by atoms with Crippen LogP contribution < -0.4 is 0 Å². The third-order valence-electron chi connectivity index (χ3n) is 10.0. The Bertz CT molecular complexity index is 634. The van der Waals surface area contributed by atoms with E-state index >= 15 is 0 Å². The average molecular weight is 593 g/mol. The van der Waals surface area contributed by atoms with Crippen molar-refractivity contribution in [1.29, 1.82) is 0 Å². The molecule has 0 aliphatic carbocycles. The fourth-order valence-corrected chi connectivity index (χ4v) is 6.56. The predicted octanol–water partition coefficient (Wildman–Crippen LogP) is 12.7. The topological polar surface area (TPSA) is 40.5 Å². The molecule has 0 spiro atoms. The minimum absolute atomic E-state index is 0.642. The number of aliphatic hydroxyl groups is 2. The van der Waals surface area contributed by atoms with Crippen LogP contribution >= 0.6 is 0 Å². The highest BCUT2D eigenvalue weighted by Crippen LogP contribution is 2.26. The summed E-state index contributed by atoms with van der Waals surface area (Å²) in [6, 6.07) is 0. The van der Waals surface area contributed by atoms with Crippen LogP contribution in [0.5, 0.6) is 0 Å². The fraction of sp³-hybridized carbons (Fsp3) is 0.950. The summed E-state index contributed by atoms with van der Waals surface area (Å²) >= 11 is 0. The summed E-state index contributed by atoms with van der Waals surface area (Å²) in [6.45, 7) is 23.0. The molecule has 0 heterocycles. The lowest BCUT2D eigenvalue weighted by molar-refractivity contribution is -0.0712.